The van der Waals surface area contributed by atoms with Crippen molar-refractivity contribution in [3.8, 4) is 17.4 Å². The number of piperazine rings is 1. The maximum absolute atomic E-state index is 12.8. The molecule has 0 unspecified atom stereocenters. The minimum Gasteiger partial charge on any atom is -0.497 e. The molecule has 2 aromatic carbocycles. The van der Waals surface area contributed by atoms with E-state index in [1.54, 1.807) is 13.2 Å². The minimum absolute atomic E-state index is 0.0594. The Balaban J connectivity index is 1.44. The van der Waals surface area contributed by atoms with Gasteiger partial charge in [0.05, 0.1) is 7.11 Å². The SMILES string of the molecule is COc1cccc(Oc2cc(N3CCN(C(=O)c4ccccc4)[C@@H](C)C3)ncn2)c1. The molecule has 30 heavy (non-hydrogen) atoms. The number of nitrogens with zero attached hydrogens (tertiary/aromatic N) is 4. The number of aromatic nitrogens is 2. The van der Waals surface area contributed by atoms with E-state index in [2.05, 4.69) is 21.8 Å². The number of amides is 1. The Labute approximate surface area is 175 Å². The van der Waals surface area contributed by atoms with Gasteiger partial charge in [0.2, 0.25) is 5.88 Å². The largest absolute Gasteiger partial charge is 0.497 e. The normalized spacial score (nSPS) is 16.3. The first kappa shape index (κ1) is 19.7. The quantitative estimate of drug-likeness (QED) is 0.647. The fourth-order valence-corrected chi connectivity index (χ4v) is 3.56. The van der Waals surface area contributed by atoms with Crippen LogP contribution in [-0.4, -0.2) is 53.6 Å². The second kappa shape index (κ2) is 8.82. The third-order valence-electron chi connectivity index (χ3n) is 5.12. The van der Waals surface area contributed by atoms with E-state index in [0.717, 1.165) is 11.6 Å². The molecule has 1 atom stereocenters. The van der Waals surface area contributed by atoms with Crippen molar-refractivity contribution in [1.82, 2.24) is 14.9 Å². The molecule has 0 N–H and O–H groups in total. The summed E-state index contributed by atoms with van der Waals surface area (Å²) in [7, 11) is 1.62. The van der Waals surface area contributed by atoms with E-state index in [1.807, 2.05) is 59.5 Å². The summed E-state index contributed by atoms with van der Waals surface area (Å²) in [5.74, 6) is 2.66. The number of hydrogen-bond donors (Lipinski definition) is 0. The van der Waals surface area contributed by atoms with E-state index < -0.39 is 0 Å². The van der Waals surface area contributed by atoms with Gasteiger partial charge in [-0.3, -0.25) is 4.79 Å². The van der Waals surface area contributed by atoms with Gasteiger partial charge >= 0.3 is 0 Å². The lowest BCUT2D eigenvalue weighted by Crippen LogP contribution is -2.54. The van der Waals surface area contributed by atoms with Gasteiger partial charge in [0.15, 0.2) is 0 Å². The molecule has 1 aliphatic heterocycles. The highest BCUT2D eigenvalue weighted by Gasteiger charge is 2.28. The van der Waals surface area contributed by atoms with Crippen LogP contribution in [-0.2, 0) is 0 Å². The van der Waals surface area contributed by atoms with Gasteiger partial charge in [-0.2, -0.15) is 0 Å². The summed E-state index contributed by atoms with van der Waals surface area (Å²) in [5.41, 5.74) is 0.716. The zero-order valence-corrected chi connectivity index (χ0v) is 17.1. The zero-order chi connectivity index (χ0) is 20.9. The third-order valence-corrected chi connectivity index (χ3v) is 5.12. The molecule has 7 heteroatoms. The van der Waals surface area contributed by atoms with Crippen LogP contribution < -0.4 is 14.4 Å². The molecular formula is C23H24N4O3. The predicted molar refractivity (Wildman–Crippen MR) is 114 cm³/mol. The van der Waals surface area contributed by atoms with Gasteiger partial charge in [0.1, 0.15) is 23.6 Å². The Kier molecular flexibility index (Phi) is 5.79. The monoisotopic (exact) mass is 404 g/mol. The fraction of sp³-hybridized carbons (Fsp3) is 0.261. The second-order valence-corrected chi connectivity index (χ2v) is 7.16. The summed E-state index contributed by atoms with van der Waals surface area (Å²) in [6.45, 7) is 4.07. The molecule has 4 rings (SSSR count). The van der Waals surface area contributed by atoms with E-state index >= 15 is 0 Å². The van der Waals surface area contributed by atoms with E-state index in [1.165, 1.54) is 6.33 Å². The number of anilines is 1. The van der Waals surface area contributed by atoms with Crippen molar-refractivity contribution in [1.29, 1.82) is 0 Å². The molecule has 0 aliphatic carbocycles. The lowest BCUT2D eigenvalue weighted by molar-refractivity contribution is 0.0673. The maximum atomic E-state index is 12.8. The lowest BCUT2D eigenvalue weighted by Gasteiger charge is -2.40. The van der Waals surface area contributed by atoms with Gasteiger partial charge < -0.3 is 19.3 Å². The standard InChI is InChI=1S/C23H24N4O3/c1-17-15-26(11-12-27(17)23(28)18-7-4-3-5-8-18)21-14-22(25-16-24-21)30-20-10-6-9-19(13-20)29-2/h3-10,13-14,16-17H,11-12,15H2,1-2H3/t17-/m0/s1. The maximum Gasteiger partial charge on any atom is 0.254 e. The van der Waals surface area contributed by atoms with E-state index in [9.17, 15) is 4.79 Å². The predicted octanol–water partition coefficient (Wildman–Crippen LogP) is 3.63. The Morgan fingerprint density at radius 2 is 1.80 bits per heavy atom. The fourth-order valence-electron chi connectivity index (χ4n) is 3.56. The van der Waals surface area contributed by atoms with Crippen molar-refractivity contribution in [2.24, 2.45) is 0 Å². The van der Waals surface area contributed by atoms with E-state index in [4.69, 9.17) is 9.47 Å². The number of hydrogen-bond acceptors (Lipinski definition) is 6. The van der Waals surface area contributed by atoms with Crippen molar-refractivity contribution in [2.75, 3.05) is 31.6 Å². The van der Waals surface area contributed by atoms with Crippen molar-refractivity contribution in [3.63, 3.8) is 0 Å². The molecule has 7 nitrogen and oxygen atoms in total. The van der Waals surface area contributed by atoms with Crippen LogP contribution in [0.5, 0.6) is 17.4 Å². The molecule has 0 radical (unpaired) electrons. The number of rotatable bonds is 5. The Hall–Kier alpha value is -3.61. The van der Waals surface area contributed by atoms with E-state index in [-0.39, 0.29) is 11.9 Å². The van der Waals surface area contributed by atoms with Crippen LogP contribution in [0.2, 0.25) is 0 Å². The summed E-state index contributed by atoms with van der Waals surface area (Å²) in [4.78, 5) is 25.5. The van der Waals surface area contributed by atoms with Gasteiger partial charge in [-0.25, -0.2) is 9.97 Å². The topological polar surface area (TPSA) is 67.8 Å². The third kappa shape index (κ3) is 4.35. The van der Waals surface area contributed by atoms with Crippen molar-refractivity contribution < 1.29 is 14.3 Å². The van der Waals surface area contributed by atoms with Gasteiger partial charge in [-0.05, 0) is 31.2 Å². The van der Waals surface area contributed by atoms with Crippen LogP contribution in [0.4, 0.5) is 5.82 Å². The molecule has 1 aliphatic rings. The number of benzene rings is 2. The molecule has 2 heterocycles. The highest BCUT2D eigenvalue weighted by atomic mass is 16.5. The molecule has 3 aromatic rings. The molecule has 154 valence electrons. The zero-order valence-electron chi connectivity index (χ0n) is 17.1. The highest BCUT2D eigenvalue weighted by Crippen LogP contribution is 2.26. The number of carbonyl (C=O) groups is 1. The van der Waals surface area contributed by atoms with Gasteiger partial charge in [0.25, 0.3) is 5.91 Å². The Bertz CT molecular complexity index is 1010. The summed E-state index contributed by atoms with van der Waals surface area (Å²) in [6.07, 6.45) is 1.50. The van der Waals surface area contributed by atoms with Gasteiger partial charge in [0, 0.05) is 43.4 Å². The van der Waals surface area contributed by atoms with Crippen LogP contribution >= 0.6 is 0 Å². The first-order valence-electron chi connectivity index (χ1n) is 9.89. The van der Waals surface area contributed by atoms with Gasteiger partial charge in [-0.15, -0.1) is 0 Å². The Morgan fingerprint density at radius 3 is 2.57 bits per heavy atom. The van der Waals surface area contributed by atoms with Crippen LogP contribution in [0.3, 0.4) is 0 Å². The molecular weight excluding hydrogens is 380 g/mol. The molecule has 1 saturated heterocycles. The second-order valence-electron chi connectivity index (χ2n) is 7.16. The Morgan fingerprint density at radius 1 is 1.00 bits per heavy atom. The van der Waals surface area contributed by atoms with Crippen LogP contribution in [0, 0.1) is 0 Å². The average molecular weight is 404 g/mol. The number of ether oxygens (including phenoxy) is 2. The molecule has 1 amide bonds. The minimum atomic E-state index is 0.0594. The van der Waals surface area contributed by atoms with Crippen molar-refractivity contribution in [2.45, 2.75) is 13.0 Å². The number of methoxy groups -OCH3 is 1. The number of carbonyl (C=O) groups excluding carboxylic acids is 1. The first-order valence-corrected chi connectivity index (χ1v) is 9.89. The first-order chi connectivity index (χ1) is 14.6. The molecule has 0 spiro atoms. The summed E-state index contributed by atoms with van der Waals surface area (Å²) >= 11 is 0. The highest BCUT2D eigenvalue weighted by molar-refractivity contribution is 5.94. The lowest BCUT2D eigenvalue weighted by atomic mass is 10.1. The van der Waals surface area contributed by atoms with Crippen LogP contribution in [0.1, 0.15) is 17.3 Å². The van der Waals surface area contributed by atoms with Gasteiger partial charge in [-0.1, -0.05) is 24.3 Å². The summed E-state index contributed by atoms with van der Waals surface area (Å²) in [6, 6.07) is 18.7. The van der Waals surface area contributed by atoms with Crippen LogP contribution in [0.25, 0.3) is 0 Å². The summed E-state index contributed by atoms with van der Waals surface area (Å²) < 4.78 is 11.1. The van der Waals surface area contributed by atoms with E-state index in [0.29, 0.717) is 36.8 Å². The average Bonchev–Trinajstić information content (AvgIpc) is 2.79. The molecule has 1 fully saturated rings. The molecule has 0 saturated carbocycles. The van der Waals surface area contributed by atoms with Crippen molar-refractivity contribution >= 4 is 11.7 Å². The molecule has 0 bridgehead atoms. The van der Waals surface area contributed by atoms with Crippen LogP contribution in [0.15, 0.2) is 67.0 Å². The smallest absolute Gasteiger partial charge is 0.254 e. The summed E-state index contributed by atoms with van der Waals surface area (Å²) in [5, 5.41) is 0. The molecule has 1 aromatic heterocycles. The van der Waals surface area contributed by atoms with Crippen molar-refractivity contribution in [3.05, 3.63) is 72.6 Å².